The molecule has 0 fully saturated rings. The largest absolute Gasteiger partial charge is 0.272 e. The van der Waals surface area contributed by atoms with Crippen LogP contribution in [0.2, 0.25) is 0 Å². The molecule has 2 rings (SSSR count). The fourth-order valence-electron chi connectivity index (χ4n) is 2.15. The smallest absolute Gasteiger partial charge is 0.244 e. The average molecular weight is 307 g/mol. The highest BCUT2D eigenvalue weighted by atomic mass is 32.2. The molecular weight excluding hydrogens is 286 g/mol. The predicted molar refractivity (Wildman–Crippen MR) is 82.5 cm³/mol. The van der Waals surface area contributed by atoms with E-state index in [0.717, 1.165) is 12.0 Å². The van der Waals surface area contributed by atoms with E-state index in [4.69, 9.17) is 0 Å². The van der Waals surface area contributed by atoms with Gasteiger partial charge in [0, 0.05) is 13.1 Å². The molecule has 1 unspecified atom stereocenters. The zero-order chi connectivity index (χ0) is 15.6. The molecular formula is C15H21N3O2S. The lowest BCUT2D eigenvalue weighted by atomic mass is 10.1. The Bertz CT molecular complexity index is 718. The van der Waals surface area contributed by atoms with Crippen LogP contribution in [0, 0.1) is 6.92 Å². The van der Waals surface area contributed by atoms with Gasteiger partial charge in [0.15, 0.2) is 0 Å². The third-order valence-corrected chi connectivity index (χ3v) is 5.34. The molecule has 1 atom stereocenters. The fourth-order valence-corrected chi connectivity index (χ4v) is 3.58. The number of rotatable bonds is 5. The molecule has 2 aromatic rings. The van der Waals surface area contributed by atoms with E-state index in [-0.39, 0.29) is 10.9 Å². The van der Waals surface area contributed by atoms with E-state index >= 15 is 0 Å². The Labute approximate surface area is 126 Å². The van der Waals surface area contributed by atoms with Gasteiger partial charge in [-0.05, 0) is 31.4 Å². The topological polar surface area (TPSA) is 64.0 Å². The highest BCUT2D eigenvalue weighted by Crippen LogP contribution is 2.19. The molecule has 1 aromatic heterocycles. The SMILES string of the molecule is CCc1ccc(C(C)NS(=O)(=O)c2cnn(C)c2C)cc1. The van der Waals surface area contributed by atoms with E-state index in [1.54, 1.807) is 18.7 Å². The molecule has 5 nitrogen and oxygen atoms in total. The second-order valence-corrected chi connectivity index (χ2v) is 6.84. The van der Waals surface area contributed by atoms with E-state index in [1.807, 2.05) is 31.2 Å². The van der Waals surface area contributed by atoms with E-state index in [0.29, 0.717) is 5.69 Å². The molecule has 0 radical (unpaired) electrons. The number of aromatic nitrogens is 2. The lowest BCUT2D eigenvalue weighted by Gasteiger charge is -2.15. The summed E-state index contributed by atoms with van der Waals surface area (Å²) in [7, 11) is -1.84. The van der Waals surface area contributed by atoms with Gasteiger partial charge in [-0.3, -0.25) is 4.68 Å². The van der Waals surface area contributed by atoms with Gasteiger partial charge in [0.2, 0.25) is 10.0 Å². The van der Waals surface area contributed by atoms with Crippen molar-refractivity contribution in [2.75, 3.05) is 0 Å². The van der Waals surface area contributed by atoms with Gasteiger partial charge in [0.25, 0.3) is 0 Å². The molecule has 1 N–H and O–H groups in total. The molecule has 21 heavy (non-hydrogen) atoms. The van der Waals surface area contributed by atoms with Gasteiger partial charge >= 0.3 is 0 Å². The second kappa shape index (κ2) is 5.99. The molecule has 0 amide bonds. The maximum absolute atomic E-state index is 12.4. The standard InChI is InChI=1S/C15H21N3O2S/c1-5-13-6-8-14(9-7-13)11(2)17-21(19,20)15-10-16-18(4)12(15)3/h6-11,17H,5H2,1-4H3. The lowest BCUT2D eigenvalue weighted by Crippen LogP contribution is -2.27. The molecule has 1 aromatic carbocycles. The van der Waals surface area contributed by atoms with E-state index in [1.165, 1.54) is 11.8 Å². The number of aryl methyl sites for hydroxylation is 2. The van der Waals surface area contributed by atoms with Crippen LogP contribution in [-0.4, -0.2) is 18.2 Å². The zero-order valence-electron chi connectivity index (χ0n) is 12.8. The Hall–Kier alpha value is -1.66. The Morgan fingerprint density at radius 1 is 1.29 bits per heavy atom. The maximum Gasteiger partial charge on any atom is 0.244 e. The van der Waals surface area contributed by atoms with Gasteiger partial charge < -0.3 is 0 Å². The van der Waals surface area contributed by atoms with Gasteiger partial charge in [-0.1, -0.05) is 31.2 Å². The van der Waals surface area contributed by atoms with Crippen molar-refractivity contribution in [3.63, 3.8) is 0 Å². The zero-order valence-corrected chi connectivity index (χ0v) is 13.6. The molecule has 0 bridgehead atoms. The summed E-state index contributed by atoms with van der Waals surface area (Å²) in [5, 5.41) is 3.98. The summed E-state index contributed by atoms with van der Waals surface area (Å²) in [6.45, 7) is 5.67. The van der Waals surface area contributed by atoms with E-state index < -0.39 is 10.0 Å². The minimum atomic E-state index is -3.57. The first-order valence-corrected chi connectivity index (χ1v) is 8.43. The Morgan fingerprint density at radius 2 is 1.90 bits per heavy atom. The van der Waals surface area contributed by atoms with Crippen LogP contribution in [0.1, 0.15) is 36.7 Å². The van der Waals surface area contributed by atoms with Crippen molar-refractivity contribution in [2.24, 2.45) is 7.05 Å². The van der Waals surface area contributed by atoms with Crippen LogP contribution in [0.3, 0.4) is 0 Å². The monoisotopic (exact) mass is 307 g/mol. The molecule has 0 saturated heterocycles. The summed E-state index contributed by atoms with van der Waals surface area (Å²) in [5.41, 5.74) is 2.80. The Balaban J connectivity index is 2.21. The van der Waals surface area contributed by atoms with Crippen LogP contribution >= 0.6 is 0 Å². The van der Waals surface area contributed by atoms with Gasteiger partial charge in [-0.25, -0.2) is 13.1 Å². The van der Waals surface area contributed by atoms with Crippen LogP contribution < -0.4 is 4.72 Å². The quantitative estimate of drug-likeness (QED) is 0.922. The molecule has 114 valence electrons. The molecule has 0 aliphatic carbocycles. The molecule has 0 saturated carbocycles. The molecule has 0 aliphatic heterocycles. The van der Waals surface area contributed by atoms with Crippen LogP contribution in [-0.2, 0) is 23.5 Å². The Kier molecular flexibility index (Phi) is 4.49. The summed E-state index contributed by atoms with van der Waals surface area (Å²) < 4.78 is 29.1. The summed E-state index contributed by atoms with van der Waals surface area (Å²) in [6, 6.07) is 7.68. The summed E-state index contributed by atoms with van der Waals surface area (Å²) in [5.74, 6) is 0. The van der Waals surface area contributed by atoms with Crippen LogP contribution in [0.5, 0.6) is 0 Å². The third kappa shape index (κ3) is 3.33. The van der Waals surface area contributed by atoms with Crippen LogP contribution in [0.4, 0.5) is 0 Å². The first-order valence-electron chi connectivity index (χ1n) is 6.95. The highest BCUT2D eigenvalue weighted by molar-refractivity contribution is 7.89. The number of benzene rings is 1. The van der Waals surface area contributed by atoms with Crippen molar-refractivity contribution in [1.82, 2.24) is 14.5 Å². The first kappa shape index (κ1) is 15.7. The average Bonchev–Trinajstić information content (AvgIpc) is 2.79. The first-order chi connectivity index (χ1) is 9.85. The maximum atomic E-state index is 12.4. The second-order valence-electron chi connectivity index (χ2n) is 5.16. The van der Waals surface area contributed by atoms with E-state index in [9.17, 15) is 8.42 Å². The number of nitrogens with zero attached hydrogens (tertiary/aromatic N) is 2. The van der Waals surface area contributed by atoms with E-state index in [2.05, 4.69) is 16.7 Å². The summed E-state index contributed by atoms with van der Waals surface area (Å²) in [6.07, 6.45) is 2.35. The molecule has 6 heteroatoms. The van der Waals surface area contributed by atoms with Crippen LogP contribution in [0.15, 0.2) is 35.4 Å². The van der Waals surface area contributed by atoms with Crippen molar-refractivity contribution in [3.05, 3.63) is 47.3 Å². The van der Waals surface area contributed by atoms with Gasteiger partial charge in [-0.15, -0.1) is 0 Å². The van der Waals surface area contributed by atoms with Crippen molar-refractivity contribution in [3.8, 4) is 0 Å². The van der Waals surface area contributed by atoms with Crippen molar-refractivity contribution in [1.29, 1.82) is 0 Å². The fraction of sp³-hybridized carbons (Fsp3) is 0.400. The van der Waals surface area contributed by atoms with Crippen molar-refractivity contribution >= 4 is 10.0 Å². The Morgan fingerprint density at radius 3 is 2.38 bits per heavy atom. The van der Waals surface area contributed by atoms with Gasteiger partial charge in [0.05, 0.1) is 11.9 Å². The number of hydrogen-bond donors (Lipinski definition) is 1. The summed E-state index contributed by atoms with van der Waals surface area (Å²) >= 11 is 0. The number of sulfonamides is 1. The minimum absolute atomic E-state index is 0.224. The molecule has 1 heterocycles. The molecule has 0 spiro atoms. The molecule has 0 aliphatic rings. The predicted octanol–water partition coefficient (Wildman–Crippen LogP) is 2.33. The van der Waals surface area contributed by atoms with Gasteiger partial charge in [0.1, 0.15) is 4.90 Å². The third-order valence-electron chi connectivity index (χ3n) is 3.70. The lowest BCUT2D eigenvalue weighted by molar-refractivity contribution is 0.566. The summed E-state index contributed by atoms with van der Waals surface area (Å²) in [4.78, 5) is 0.224. The van der Waals surface area contributed by atoms with Crippen LogP contribution in [0.25, 0.3) is 0 Å². The normalized spacial score (nSPS) is 13.3. The van der Waals surface area contributed by atoms with Crippen molar-refractivity contribution in [2.45, 2.75) is 38.1 Å². The van der Waals surface area contributed by atoms with Crippen molar-refractivity contribution < 1.29 is 8.42 Å². The highest BCUT2D eigenvalue weighted by Gasteiger charge is 2.22. The number of nitrogens with one attached hydrogen (secondary N) is 1. The van der Waals surface area contributed by atoms with Gasteiger partial charge in [-0.2, -0.15) is 5.10 Å². The minimum Gasteiger partial charge on any atom is -0.272 e. The number of hydrogen-bond acceptors (Lipinski definition) is 3.